The van der Waals surface area contributed by atoms with Gasteiger partial charge < -0.3 is 0 Å². The molecule has 0 saturated heterocycles. The van der Waals surface area contributed by atoms with Crippen LogP contribution in [0.4, 0.5) is 0 Å². The van der Waals surface area contributed by atoms with Gasteiger partial charge in [0.1, 0.15) is 6.29 Å². The summed E-state index contributed by atoms with van der Waals surface area (Å²) in [7, 11) is 0. The van der Waals surface area contributed by atoms with Gasteiger partial charge in [-0.15, -0.1) is 0 Å². The van der Waals surface area contributed by atoms with Crippen molar-refractivity contribution >= 4 is 17.9 Å². The molecule has 0 aliphatic carbocycles. The summed E-state index contributed by atoms with van der Waals surface area (Å²) in [5, 5.41) is 0.736. The van der Waals surface area contributed by atoms with Gasteiger partial charge >= 0.3 is 0 Å². The van der Waals surface area contributed by atoms with Gasteiger partial charge in [0.15, 0.2) is 0 Å². The third kappa shape index (κ3) is 5.04. The number of aryl methyl sites for hydroxylation is 1. The minimum atomic E-state index is 0.193. The standard InChI is InChI=1S/C17H21ClO/c1-12(2)5-7-15(9-13(3)11-19)17-10-16(18)8-6-14(17)4/h5-6,8-11,15H,7H2,1-4H3/b13-9+. The largest absolute Gasteiger partial charge is 0.298 e. The zero-order valence-electron chi connectivity index (χ0n) is 12.0. The summed E-state index contributed by atoms with van der Waals surface area (Å²) in [4.78, 5) is 10.9. The highest BCUT2D eigenvalue weighted by molar-refractivity contribution is 6.30. The highest BCUT2D eigenvalue weighted by atomic mass is 35.5. The molecule has 1 atom stereocenters. The average molecular weight is 277 g/mol. The van der Waals surface area contributed by atoms with Gasteiger partial charge in [0.25, 0.3) is 0 Å². The average Bonchev–Trinajstić information content (AvgIpc) is 2.37. The summed E-state index contributed by atoms with van der Waals surface area (Å²) >= 11 is 6.09. The quantitative estimate of drug-likeness (QED) is 0.409. The first-order valence-electron chi connectivity index (χ1n) is 6.47. The van der Waals surface area contributed by atoms with Crippen LogP contribution >= 0.6 is 11.6 Å². The van der Waals surface area contributed by atoms with Crippen molar-refractivity contribution < 1.29 is 4.79 Å². The number of carbonyl (C=O) groups is 1. The molecule has 2 heteroatoms. The van der Waals surface area contributed by atoms with E-state index in [-0.39, 0.29) is 5.92 Å². The van der Waals surface area contributed by atoms with Gasteiger partial charge in [0, 0.05) is 10.9 Å². The monoisotopic (exact) mass is 276 g/mol. The van der Waals surface area contributed by atoms with E-state index in [9.17, 15) is 4.79 Å². The maximum atomic E-state index is 10.9. The van der Waals surface area contributed by atoms with E-state index >= 15 is 0 Å². The Hall–Kier alpha value is -1.34. The lowest BCUT2D eigenvalue weighted by Gasteiger charge is -2.15. The van der Waals surface area contributed by atoms with Gasteiger partial charge in [0.2, 0.25) is 0 Å². The van der Waals surface area contributed by atoms with E-state index in [1.807, 2.05) is 31.2 Å². The molecular weight excluding hydrogens is 256 g/mol. The number of hydrogen-bond donors (Lipinski definition) is 0. The van der Waals surface area contributed by atoms with Crippen LogP contribution in [0.15, 0.2) is 41.5 Å². The van der Waals surface area contributed by atoms with Crippen molar-refractivity contribution in [2.45, 2.75) is 40.0 Å². The van der Waals surface area contributed by atoms with Crippen molar-refractivity contribution in [3.8, 4) is 0 Å². The summed E-state index contributed by atoms with van der Waals surface area (Å²) in [6.07, 6.45) is 5.99. The molecule has 0 spiro atoms. The lowest BCUT2D eigenvalue weighted by Crippen LogP contribution is -1.99. The van der Waals surface area contributed by atoms with Gasteiger partial charge in [-0.2, -0.15) is 0 Å². The normalized spacial score (nSPS) is 13.0. The van der Waals surface area contributed by atoms with Crippen LogP contribution in [0.25, 0.3) is 0 Å². The van der Waals surface area contributed by atoms with Crippen LogP contribution in [0, 0.1) is 6.92 Å². The molecule has 1 aromatic rings. The highest BCUT2D eigenvalue weighted by Crippen LogP contribution is 2.29. The Morgan fingerprint density at radius 1 is 1.32 bits per heavy atom. The van der Waals surface area contributed by atoms with E-state index in [0.29, 0.717) is 0 Å². The van der Waals surface area contributed by atoms with Crippen molar-refractivity contribution in [3.05, 3.63) is 57.6 Å². The molecule has 0 saturated carbocycles. The SMILES string of the molecule is CC(C)=CCC(/C=C(\C)C=O)c1cc(Cl)ccc1C. The molecule has 0 aliphatic heterocycles. The van der Waals surface area contributed by atoms with Gasteiger partial charge in [-0.3, -0.25) is 4.79 Å². The molecule has 0 bridgehead atoms. The Kier molecular flexibility index (Phi) is 6.04. The maximum absolute atomic E-state index is 10.9. The Labute approximate surface area is 121 Å². The lowest BCUT2D eigenvalue weighted by molar-refractivity contribution is -0.104. The predicted octanol–water partition coefficient (Wildman–Crippen LogP) is 5.23. The fraction of sp³-hybridized carbons (Fsp3) is 0.353. The van der Waals surface area contributed by atoms with E-state index in [1.165, 1.54) is 16.7 Å². The topological polar surface area (TPSA) is 17.1 Å². The zero-order chi connectivity index (χ0) is 14.4. The Bertz CT molecular complexity index is 508. The van der Waals surface area contributed by atoms with E-state index in [2.05, 4.69) is 26.8 Å². The number of rotatable bonds is 5. The van der Waals surface area contributed by atoms with Gasteiger partial charge in [-0.1, -0.05) is 35.4 Å². The number of aldehydes is 1. The van der Waals surface area contributed by atoms with E-state index in [4.69, 9.17) is 11.6 Å². The van der Waals surface area contributed by atoms with Crippen molar-refractivity contribution in [2.24, 2.45) is 0 Å². The van der Waals surface area contributed by atoms with Crippen LogP contribution < -0.4 is 0 Å². The third-order valence-corrected chi connectivity index (χ3v) is 3.31. The van der Waals surface area contributed by atoms with Gasteiger partial charge in [-0.25, -0.2) is 0 Å². The van der Waals surface area contributed by atoms with Crippen molar-refractivity contribution in [1.82, 2.24) is 0 Å². The second-order valence-corrected chi connectivity index (χ2v) is 5.59. The molecular formula is C17H21ClO. The fourth-order valence-electron chi connectivity index (χ4n) is 2.01. The first-order valence-corrected chi connectivity index (χ1v) is 6.85. The van der Waals surface area contributed by atoms with Crippen molar-refractivity contribution in [3.63, 3.8) is 0 Å². The fourth-order valence-corrected chi connectivity index (χ4v) is 2.20. The number of benzene rings is 1. The molecule has 102 valence electrons. The van der Waals surface area contributed by atoms with Crippen LogP contribution in [0.1, 0.15) is 44.2 Å². The molecule has 0 aromatic heterocycles. The van der Waals surface area contributed by atoms with Crippen molar-refractivity contribution in [2.75, 3.05) is 0 Å². The molecule has 0 heterocycles. The number of halogens is 1. The molecule has 1 aromatic carbocycles. The van der Waals surface area contributed by atoms with Crippen LogP contribution in [0.3, 0.4) is 0 Å². The number of hydrogen-bond acceptors (Lipinski definition) is 1. The number of allylic oxidation sites excluding steroid dienone is 4. The highest BCUT2D eigenvalue weighted by Gasteiger charge is 2.11. The second kappa shape index (κ2) is 7.30. The molecule has 1 rings (SSSR count). The Balaban J connectivity index is 3.18. The van der Waals surface area contributed by atoms with Gasteiger partial charge in [0.05, 0.1) is 0 Å². The molecule has 0 radical (unpaired) electrons. The molecule has 0 aliphatic rings. The lowest BCUT2D eigenvalue weighted by atomic mass is 9.90. The van der Waals surface area contributed by atoms with Crippen LogP contribution in [0.2, 0.25) is 5.02 Å². The molecule has 0 N–H and O–H groups in total. The third-order valence-electron chi connectivity index (χ3n) is 3.07. The molecule has 19 heavy (non-hydrogen) atoms. The minimum Gasteiger partial charge on any atom is -0.298 e. The molecule has 1 nitrogen and oxygen atoms in total. The first kappa shape index (κ1) is 15.7. The van der Waals surface area contributed by atoms with Crippen molar-refractivity contribution in [1.29, 1.82) is 0 Å². The summed E-state index contributed by atoms with van der Waals surface area (Å²) in [5.41, 5.74) is 4.42. The smallest absolute Gasteiger partial charge is 0.145 e. The van der Waals surface area contributed by atoms with E-state index in [1.54, 1.807) is 0 Å². The van der Waals surface area contributed by atoms with Crippen LogP contribution in [-0.4, -0.2) is 6.29 Å². The second-order valence-electron chi connectivity index (χ2n) is 5.15. The molecule has 0 fully saturated rings. The summed E-state index contributed by atoms with van der Waals surface area (Å²) in [5.74, 6) is 0.193. The summed E-state index contributed by atoms with van der Waals surface area (Å²) in [6.45, 7) is 8.07. The maximum Gasteiger partial charge on any atom is 0.145 e. The van der Waals surface area contributed by atoms with Crippen LogP contribution in [-0.2, 0) is 4.79 Å². The first-order chi connectivity index (χ1) is 8.93. The zero-order valence-corrected chi connectivity index (χ0v) is 12.8. The summed E-state index contributed by atoms with van der Waals surface area (Å²) in [6, 6.07) is 5.92. The molecule has 1 unspecified atom stereocenters. The van der Waals surface area contributed by atoms with E-state index in [0.717, 1.165) is 23.3 Å². The predicted molar refractivity (Wildman–Crippen MR) is 82.8 cm³/mol. The van der Waals surface area contributed by atoms with Crippen LogP contribution in [0.5, 0.6) is 0 Å². The van der Waals surface area contributed by atoms with E-state index < -0.39 is 0 Å². The number of carbonyl (C=O) groups excluding carboxylic acids is 1. The summed E-state index contributed by atoms with van der Waals surface area (Å²) < 4.78 is 0. The Morgan fingerprint density at radius 3 is 2.58 bits per heavy atom. The van der Waals surface area contributed by atoms with Gasteiger partial charge in [-0.05, 0) is 62.9 Å². The minimum absolute atomic E-state index is 0.193. The molecule has 0 amide bonds. The Morgan fingerprint density at radius 2 is 2.00 bits per heavy atom.